The molecule has 3 aromatic rings. The van der Waals surface area contributed by atoms with Gasteiger partial charge in [-0.25, -0.2) is 0 Å². The molecule has 1 aliphatic heterocycles. The Bertz CT molecular complexity index is 1390. The molecular formula is C30H35N5O5. The number of ether oxygens (including phenoxy) is 2. The Labute approximate surface area is 233 Å². The average molecular weight is 546 g/mol. The third-order valence-corrected chi connectivity index (χ3v) is 7.44. The highest BCUT2D eigenvalue weighted by Crippen LogP contribution is 2.39. The standard InChI is InChI=1S/C30H35N5O5/c1-20(36)34-13-15-35(16-14-34)30(38)23-9-7-21(8-10-23)19-40-27-6-4-5-24(28(27)39-3)18-31-29(37)26-17-25(22-11-12-22)32-33(26)2/h4-10,17,22H,11-16,18-19H2,1-3H3,(H,31,37). The highest BCUT2D eigenvalue weighted by atomic mass is 16.5. The number of amides is 3. The number of benzene rings is 2. The Balaban J connectivity index is 1.17. The summed E-state index contributed by atoms with van der Waals surface area (Å²) in [4.78, 5) is 40.8. The number of hydrogen-bond donors (Lipinski definition) is 1. The Hall–Kier alpha value is -4.34. The molecule has 10 nitrogen and oxygen atoms in total. The van der Waals surface area contributed by atoms with Crippen LogP contribution < -0.4 is 14.8 Å². The van der Waals surface area contributed by atoms with E-state index in [-0.39, 0.29) is 30.9 Å². The third kappa shape index (κ3) is 6.11. The second kappa shape index (κ2) is 11.8. The van der Waals surface area contributed by atoms with Gasteiger partial charge >= 0.3 is 0 Å². The summed E-state index contributed by atoms with van der Waals surface area (Å²) >= 11 is 0. The summed E-state index contributed by atoms with van der Waals surface area (Å²) in [6.07, 6.45) is 2.26. The molecule has 2 aliphatic rings. The molecule has 0 atom stereocenters. The van der Waals surface area contributed by atoms with Crippen molar-refractivity contribution in [3.05, 3.63) is 76.6 Å². The summed E-state index contributed by atoms with van der Waals surface area (Å²) in [5.74, 6) is 1.41. The summed E-state index contributed by atoms with van der Waals surface area (Å²) in [6.45, 7) is 4.30. The summed E-state index contributed by atoms with van der Waals surface area (Å²) < 4.78 is 13.3. The van der Waals surface area contributed by atoms with Crippen LogP contribution in [0.5, 0.6) is 11.5 Å². The maximum Gasteiger partial charge on any atom is 0.269 e. The van der Waals surface area contributed by atoms with Crippen LogP contribution in [0.1, 0.15) is 63.4 Å². The number of rotatable bonds is 9. The van der Waals surface area contributed by atoms with Gasteiger partial charge in [0, 0.05) is 63.7 Å². The van der Waals surface area contributed by atoms with E-state index in [1.807, 2.05) is 36.4 Å². The van der Waals surface area contributed by atoms with E-state index in [0.717, 1.165) is 29.7 Å². The molecule has 5 rings (SSSR count). The molecule has 10 heteroatoms. The maximum absolute atomic E-state index is 12.9. The van der Waals surface area contributed by atoms with Gasteiger partial charge < -0.3 is 24.6 Å². The molecule has 210 valence electrons. The van der Waals surface area contributed by atoms with Crippen molar-refractivity contribution in [2.24, 2.45) is 7.05 Å². The number of para-hydroxylation sites is 1. The lowest BCUT2D eigenvalue weighted by molar-refractivity contribution is -0.130. The fourth-order valence-corrected chi connectivity index (χ4v) is 4.90. The Morgan fingerprint density at radius 2 is 1.70 bits per heavy atom. The van der Waals surface area contributed by atoms with Gasteiger partial charge in [-0.3, -0.25) is 19.1 Å². The molecule has 0 bridgehead atoms. The summed E-state index contributed by atoms with van der Waals surface area (Å²) in [7, 11) is 3.36. The lowest BCUT2D eigenvalue weighted by atomic mass is 10.1. The zero-order valence-electron chi connectivity index (χ0n) is 23.2. The van der Waals surface area contributed by atoms with E-state index in [1.54, 1.807) is 47.7 Å². The van der Waals surface area contributed by atoms with Crippen molar-refractivity contribution in [3.63, 3.8) is 0 Å². The normalized spacial score (nSPS) is 15.1. The van der Waals surface area contributed by atoms with Crippen LogP contribution in [-0.2, 0) is 25.0 Å². The lowest BCUT2D eigenvalue weighted by Crippen LogP contribution is -2.50. The second-order valence-corrected chi connectivity index (χ2v) is 10.3. The van der Waals surface area contributed by atoms with Gasteiger partial charge in [-0.15, -0.1) is 0 Å². The first-order valence-corrected chi connectivity index (χ1v) is 13.6. The Kier molecular flexibility index (Phi) is 8.04. The number of methoxy groups -OCH3 is 1. The van der Waals surface area contributed by atoms with Gasteiger partial charge in [0.2, 0.25) is 5.91 Å². The van der Waals surface area contributed by atoms with E-state index in [9.17, 15) is 14.4 Å². The van der Waals surface area contributed by atoms with E-state index < -0.39 is 0 Å². The number of hydrogen-bond acceptors (Lipinski definition) is 6. The van der Waals surface area contributed by atoms with Crippen molar-refractivity contribution in [2.45, 2.75) is 38.8 Å². The van der Waals surface area contributed by atoms with Gasteiger partial charge in [-0.2, -0.15) is 5.10 Å². The minimum atomic E-state index is -0.189. The quantitative estimate of drug-likeness (QED) is 0.443. The zero-order valence-corrected chi connectivity index (χ0v) is 23.2. The zero-order chi connectivity index (χ0) is 28.2. The number of aryl methyl sites for hydroxylation is 1. The molecule has 1 saturated heterocycles. The van der Waals surface area contributed by atoms with E-state index in [1.165, 1.54) is 0 Å². The van der Waals surface area contributed by atoms with Crippen LogP contribution in [0.25, 0.3) is 0 Å². The predicted molar refractivity (Wildman–Crippen MR) is 148 cm³/mol. The average Bonchev–Trinajstić information content (AvgIpc) is 3.75. The molecule has 3 amide bonds. The molecule has 0 spiro atoms. The number of piperazine rings is 1. The predicted octanol–water partition coefficient (Wildman–Crippen LogP) is 3.12. The van der Waals surface area contributed by atoms with Gasteiger partial charge in [0.1, 0.15) is 12.3 Å². The third-order valence-electron chi connectivity index (χ3n) is 7.44. The molecule has 2 fully saturated rings. The van der Waals surface area contributed by atoms with Gasteiger partial charge in [0.05, 0.1) is 12.8 Å². The first-order chi connectivity index (χ1) is 19.3. The van der Waals surface area contributed by atoms with Gasteiger partial charge in [-0.1, -0.05) is 24.3 Å². The maximum atomic E-state index is 12.9. The monoisotopic (exact) mass is 545 g/mol. The van der Waals surface area contributed by atoms with E-state index in [2.05, 4.69) is 10.4 Å². The lowest BCUT2D eigenvalue weighted by Gasteiger charge is -2.34. The number of aromatic nitrogens is 2. The highest BCUT2D eigenvalue weighted by molar-refractivity contribution is 5.94. The molecule has 1 saturated carbocycles. The molecule has 1 N–H and O–H groups in total. The van der Waals surface area contributed by atoms with Crippen molar-refractivity contribution >= 4 is 17.7 Å². The molecule has 2 aromatic carbocycles. The fourth-order valence-electron chi connectivity index (χ4n) is 4.90. The van der Waals surface area contributed by atoms with Crippen LogP contribution >= 0.6 is 0 Å². The van der Waals surface area contributed by atoms with Crippen molar-refractivity contribution < 1.29 is 23.9 Å². The van der Waals surface area contributed by atoms with Crippen molar-refractivity contribution in [1.29, 1.82) is 0 Å². The second-order valence-electron chi connectivity index (χ2n) is 10.3. The van der Waals surface area contributed by atoms with E-state index in [0.29, 0.717) is 54.9 Å². The van der Waals surface area contributed by atoms with Crippen molar-refractivity contribution in [1.82, 2.24) is 24.9 Å². The Morgan fingerprint density at radius 1 is 1.00 bits per heavy atom. The first kappa shape index (κ1) is 27.2. The van der Waals surface area contributed by atoms with Crippen LogP contribution in [0.4, 0.5) is 0 Å². The number of nitrogens with one attached hydrogen (secondary N) is 1. The van der Waals surface area contributed by atoms with Crippen molar-refractivity contribution in [2.75, 3.05) is 33.3 Å². The highest BCUT2D eigenvalue weighted by Gasteiger charge is 2.28. The fraction of sp³-hybridized carbons (Fsp3) is 0.400. The topological polar surface area (TPSA) is 106 Å². The minimum absolute atomic E-state index is 0.0373. The number of carbonyl (C=O) groups excluding carboxylic acids is 3. The van der Waals surface area contributed by atoms with Crippen LogP contribution in [0, 0.1) is 0 Å². The summed E-state index contributed by atoms with van der Waals surface area (Å²) in [5.41, 5.74) is 3.82. The molecule has 1 aromatic heterocycles. The van der Waals surface area contributed by atoms with Gasteiger partial charge in [0.25, 0.3) is 11.8 Å². The van der Waals surface area contributed by atoms with Gasteiger partial charge in [0.15, 0.2) is 11.5 Å². The van der Waals surface area contributed by atoms with Crippen LogP contribution in [-0.4, -0.2) is 70.6 Å². The molecule has 40 heavy (non-hydrogen) atoms. The van der Waals surface area contributed by atoms with Crippen LogP contribution in [0.3, 0.4) is 0 Å². The smallest absolute Gasteiger partial charge is 0.269 e. The van der Waals surface area contributed by atoms with Crippen LogP contribution in [0.2, 0.25) is 0 Å². The number of nitrogens with zero attached hydrogens (tertiary/aromatic N) is 4. The molecule has 1 aliphatic carbocycles. The number of carbonyl (C=O) groups is 3. The van der Waals surface area contributed by atoms with Crippen molar-refractivity contribution in [3.8, 4) is 11.5 Å². The largest absolute Gasteiger partial charge is 0.493 e. The molecule has 0 unspecified atom stereocenters. The van der Waals surface area contributed by atoms with E-state index >= 15 is 0 Å². The first-order valence-electron chi connectivity index (χ1n) is 13.6. The molecular weight excluding hydrogens is 510 g/mol. The SMILES string of the molecule is COc1c(CNC(=O)c2cc(C3CC3)nn2C)cccc1OCc1ccc(C(=O)N2CCN(C(C)=O)CC2)cc1. The molecule has 0 radical (unpaired) electrons. The van der Waals surface area contributed by atoms with Crippen LogP contribution in [0.15, 0.2) is 48.5 Å². The summed E-state index contributed by atoms with van der Waals surface area (Å²) in [5, 5.41) is 7.44. The summed E-state index contributed by atoms with van der Waals surface area (Å²) in [6, 6.07) is 14.8. The molecule has 2 heterocycles. The minimum Gasteiger partial charge on any atom is -0.493 e. The Morgan fingerprint density at radius 3 is 2.35 bits per heavy atom. The van der Waals surface area contributed by atoms with E-state index in [4.69, 9.17) is 9.47 Å². The van der Waals surface area contributed by atoms with Gasteiger partial charge in [-0.05, 0) is 42.7 Å².